The number of carbonyl (C=O) groups excluding carboxylic acids is 1. The largest absolute Gasteiger partial charge is 0.444 e. The maximum absolute atomic E-state index is 12.0. The number of carbonyl (C=O) groups is 1. The van der Waals surface area contributed by atoms with Gasteiger partial charge in [-0.15, -0.1) is 0 Å². The topological polar surface area (TPSA) is 38.8 Å². The summed E-state index contributed by atoms with van der Waals surface area (Å²) >= 11 is 2.42. The van der Waals surface area contributed by atoms with Crippen LogP contribution < -0.4 is 0 Å². The molecule has 2 aliphatic rings. The van der Waals surface area contributed by atoms with Gasteiger partial charge in [0.15, 0.2) is 0 Å². The Hall–Kier alpha value is -0.0400. The lowest BCUT2D eigenvalue weighted by Crippen LogP contribution is -2.60. The Labute approximate surface area is 123 Å². The average molecular weight is 367 g/mol. The van der Waals surface area contributed by atoms with Crippen LogP contribution in [0.2, 0.25) is 0 Å². The van der Waals surface area contributed by atoms with E-state index in [-0.39, 0.29) is 11.7 Å². The highest BCUT2D eigenvalue weighted by molar-refractivity contribution is 14.1. The van der Waals surface area contributed by atoms with Crippen molar-refractivity contribution in [3.05, 3.63) is 0 Å². The second kappa shape index (κ2) is 5.15. The van der Waals surface area contributed by atoms with Gasteiger partial charge in [0.05, 0.1) is 18.8 Å². The number of morpholine rings is 1. The normalized spacial score (nSPS) is 32.2. The van der Waals surface area contributed by atoms with Crippen molar-refractivity contribution in [2.45, 2.75) is 44.8 Å². The van der Waals surface area contributed by atoms with Gasteiger partial charge in [-0.1, -0.05) is 22.6 Å². The molecule has 104 valence electrons. The SMILES string of the molecule is CC(C)(C)OC(=O)N1CCOC2(CC(CI)C2)C1. The second-order valence-electron chi connectivity index (χ2n) is 6.36. The molecule has 2 rings (SSSR count). The highest BCUT2D eigenvalue weighted by atomic mass is 127. The zero-order valence-electron chi connectivity index (χ0n) is 11.4. The Morgan fingerprint density at radius 1 is 1.50 bits per heavy atom. The molecule has 1 spiro atoms. The lowest BCUT2D eigenvalue weighted by Gasteiger charge is -2.51. The van der Waals surface area contributed by atoms with E-state index in [4.69, 9.17) is 9.47 Å². The summed E-state index contributed by atoms with van der Waals surface area (Å²) in [6.45, 7) is 7.66. The van der Waals surface area contributed by atoms with Crippen LogP contribution in [0.25, 0.3) is 0 Å². The van der Waals surface area contributed by atoms with E-state index in [0.29, 0.717) is 19.7 Å². The maximum atomic E-state index is 12.0. The molecule has 1 heterocycles. The third-order valence-corrected chi connectivity index (χ3v) is 4.69. The fourth-order valence-electron chi connectivity index (χ4n) is 2.68. The van der Waals surface area contributed by atoms with Crippen LogP contribution in [0.4, 0.5) is 4.79 Å². The minimum Gasteiger partial charge on any atom is -0.444 e. The number of rotatable bonds is 1. The number of amides is 1. The first-order valence-corrected chi connectivity index (χ1v) is 8.04. The molecule has 2 fully saturated rings. The monoisotopic (exact) mass is 367 g/mol. The molecule has 1 saturated heterocycles. The van der Waals surface area contributed by atoms with Gasteiger partial charge >= 0.3 is 6.09 Å². The van der Waals surface area contributed by atoms with Crippen LogP contribution in [0.3, 0.4) is 0 Å². The number of hydrogen-bond donors (Lipinski definition) is 0. The highest BCUT2D eigenvalue weighted by Gasteiger charge is 2.48. The summed E-state index contributed by atoms with van der Waals surface area (Å²) in [6, 6.07) is 0. The molecule has 0 radical (unpaired) electrons. The second-order valence-corrected chi connectivity index (χ2v) is 7.24. The van der Waals surface area contributed by atoms with E-state index in [0.717, 1.165) is 18.8 Å². The van der Waals surface area contributed by atoms with Crippen molar-refractivity contribution in [3.63, 3.8) is 0 Å². The molecule has 0 aromatic rings. The van der Waals surface area contributed by atoms with Gasteiger partial charge in [0.25, 0.3) is 0 Å². The molecule has 0 aromatic heterocycles. The Morgan fingerprint density at radius 2 is 2.17 bits per heavy atom. The minimum atomic E-state index is -0.424. The summed E-state index contributed by atoms with van der Waals surface area (Å²) in [5.74, 6) is 0.754. The fourth-order valence-corrected chi connectivity index (χ4v) is 3.30. The first-order chi connectivity index (χ1) is 8.34. The van der Waals surface area contributed by atoms with Crippen LogP contribution in [0.1, 0.15) is 33.6 Å². The number of nitrogens with zero attached hydrogens (tertiary/aromatic N) is 1. The van der Waals surface area contributed by atoms with E-state index in [1.54, 1.807) is 4.90 Å². The Morgan fingerprint density at radius 3 is 2.72 bits per heavy atom. The molecule has 1 amide bonds. The van der Waals surface area contributed by atoms with Crippen molar-refractivity contribution in [1.29, 1.82) is 0 Å². The third-order valence-electron chi connectivity index (χ3n) is 3.44. The van der Waals surface area contributed by atoms with Crippen molar-refractivity contribution < 1.29 is 14.3 Å². The van der Waals surface area contributed by atoms with Crippen LogP contribution in [0.15, 0.2) is 0 Å². The van der Waals surface area contributed by atoms with Crippen molar-refractivity contribution in [3.8, 4) is 0 Å². The van der Waals surface area contributed by atoms with Crippen LogP contribution in [-0.4, -0.2) is 46.3 Å². The highest BCUT2D eigenvalue weighted by Crippen LogP contribution is 2.43. The zero-order valence-corrected chi connectivity index (χ0v) is 13.5. The first-order valence-electron chi connectivity index (χ1n) is 6.51. The van der Waals surface area contributed by atoms with Gasteiger partial charge in [0, 0.05) is 11.0 Å². The van der Waals surface area contributed by atoms with Crippen molar-refractivity contribution in [2.24, 2.45) is 5.92 Å². The van der Waals surface area contributed by atoms with Gasteiger partial charge < -0.3 is 14.4 Å². The van der Waals surface area contributed by atoms with Crippen LogP contribution >= 0.6 is 22.6 Å². The molecule has 1 aliphatic carbocycles. The standard InChI is InChI=1S/C13H22INO3/c1-12(2,3)18-11(16)15-4-5-17-13(9-15)6-10(7-13)8-14/h10H,4-9H2,1-3H3. The van der Waals surface area contributed by atoms with Crippen LogP contribution in [-0.2, 0) is 9.47 Å². The van der Waals surface area contributed by atoms with Gasteiger partial charge in [0.1, 0.15) is 5.60 Å². The molecule has 0 aromatic carbocycles. The van der Waals surface area contributed by atoms with Gasteiger partial charge in [-0.25, -0.2) is 4.79 Å². The summed E-state index contributed by atoms with van der Waals surface area (Å²) in [4.78, 5) is 13.8. The molecule has 5 heteroatoms. The Balaban J connectivity index is 1.90. The van der Waals surface area contributed by atoms with Crippen molar-refractivity contribution >= 4 is 28.7 Å². The van der Waals surface area contributed by atoms with Gasteiger partial charge in [-0.3, -0.25) is 0 Å². The summed E-state index contributed by atoms with van der Waals surface area (Å²) < 4.78 is 12.5. The molecule has 1 aliphatic heterocycles. The molecular formula is C13H22INO3. The number of ether oxygens (including phenoxy) is 2. The van der Waals surface area contributed by atoms with E-state index < -0.39 is 5.60 Å². The fraction of sp³-hybridized carbons (Fsp3) is 0.923. The van der Waals surface area contributed by atoms with Gasteiger partial charge in [0.2, 0.25) is 0 Å². The molecule has 0 unspecified atom stereocenters. The quantitative estimate of drug-likeness (QED) is 0.529. The Kier molecular flexibility index (Phi) is 4.11. The Bertz CT molecular complexity index is 321. The number of alkyl halides is 1. The van der Waals surface area contributed by atoms with Crippen LogP contribution in [0, 0.1) is 5.92 Å². The van der Waals surface area contributed by atoms with Crippen molar-refractivity contribution in [1.82, 2.24) is 4.90 Å². The lowest BCUT2D eigenvalue weighted by atomic mass is 9.71. The lowest BCUT2D eigenvalue weighted by molar-refractivity contribution is -0.165. The van der Waals surface area contributed by atoms with Gasteiger partial charge in [-0.2, -0.15) is 0 Å². The molecule has 0 bridgehead atoms. The summed E-state index contributed by atoms with van der Waals surface area (Å²) in [6.07, 6.45) is 1.95. The molecule has 1 saturated carbocycles. The maximum Gasteiger partial charge on any atom is 0.410 e. The van der Waals surface area contributed by atoms with E-state index >= 15 is 0 Å². The van der Waals surface area contributed by atoms with E-state index in [9.17, 15) is 4.79 Å². The zero-order chi connectivity index (χ0) is 13.4. The minimum absolute atomic E-state index is 0.0784. The van der Waals surface area contributed by atoms with Gasteiger partial charge in [-0.05, 0) is 39.5 Å². The first kappa shape index (κ1) is 14.4. The van der Waals surface area contributed by atoms with E-state index in [1.165, 1.54) is 4.43 Å². The third kappa shape index (κ3) is 3.29. The molecule has 0 atom stereocenters. The molecule has 18 heavy (non-hydrogen) atoms. The number of halogens is 1. The van der Waals surface area contributed by atoms with E-state index in [1.807, 2.05) is 20.8 Å². The average Bonchev–Trinajstić information content (AvgIpc) is 2.23. The summed E-state index contributed by atoms with van der Waals surface area (Å²) in [7, 11) is 0. The molecule has 0 N–H and O–H groups in total. The summed E-state index contributed by atoms with van der Waals surface area (Å²) in [5.41, 5.74) is -0.502. The van der Waals surface area contributed by atoms with Crippen molar-refractivity contribution in [2.75, 3.05) is 24.1 Å². The predicted molar refractivity (Wildman–Crippen MR) is 78.1 cm³/mol. The summed E-state index contributed by atoms with van der Waals surface area (Å²) in [5, 5.41) is 0. The molecular weight excluding hydrogens is 345 g/mol. The molecule has 4 nitrogen and oxygen atoms in total. The number of hydrogen-bond acceptors (Lipinski definition) is 3. The smallest absolute Gasteiger partial charge is 0.410 e. The predicted octanol–water partition coefficient (Wildman–Crippen LogP) is 2.84. The van der Waals surface area contributed by atoms with E-state index in [2.05, 4.69) is 22.6 Å². The van der Waals surface area contributed by atoms with Crippen LogP contribution in [0.5, 0.6) is 0 Å².